The zero-order valence-corrected chi connectivity index (χ0v) is 18.4. The van der Waals surface area contributed by atoms with E-state index < -0.39 is 0 Å². The van der Waals surface area contributed by atoms with Crippen molar-refractivity contribution < 1.29 is 14.7 Å². The van der Waals surface area contributed by atoms with Crippen LogP contribution in [-0.4, -0.2) is 61.9 Å². The molecule has 1 atom stereocenters. The summed E-state index contributed by atoms with van der Waals surface area (Å²) in [4.78, 5) is 46.7. The van der Waals surface area contributed by atoms with Crippen molar-refractivity contribution in [1.29, 1.82) is 0 Å². The van der Waals surface area contributed by atoms with Gasteiger partial charge in [-0.1, -0.05) is 11.6 Å². The van der Waals surface area contributed by atoms with Crippen LogP contribution in [0.5, 0.6) is 5.75 Å². The number of phenolic OH excluding ortho intramolecular Hbond substituents is 1. The number of thiophene rings is 1. The minimum atomic E-state index is -0.235. The van der Waals surface area contributed by atoms with Gasteiger partial charge in [0.1, 0.15) is 17.1 Å². The van der Waals surface area contributed by atoms with Gasteiger partial charge < -0.3 is 14.9 Å². The predicted molar refractivity (Wildman–Crippen MR) is 119 cm³/mol. The molecule has 0 spiro atoms. The lowest BCUT2D eigenvalue weighted by Gasteiger charge is -2.27. The fraction of sp³-hybridized carbons (Fsp3) is 0.333. The molecule has 3 heterocycles. The number of nitrogens with zero attached hydrogens (tertiary/aromatic N) is 4. The normalized spacial score (nSPS) is 17.0. The molecule has 1 aliphatic rings. The number of phenols is 1. The van der Waals surface area contributed by atoms with Crippen molar-refractivity contribution in [3.8, 4) is 5.75 Å². The van der Waals surface area contributed by atoms with Gasteiger partial charge in [-0.05, 0) is 43.0 Å². The fourth-order valence-corrected chi connectivity index (χ4v) is 4.54. The lowest BCUT2D eigenvalue weighted by atomic mass is 10.1. The Morgan fingerprint density at radius 1 is 1.26 bits per heavy atom. The molecule has 0 aliphatic carbocycles. The number of hydrogen-bond acceptors (Lipinski definition) is 6. The van der Waals surface area contributed by atoms with E-state index in [0.717, 1.165) is 0 Å². The minimum Gasteiger partial charge on any atom is -0.506 e. The van der Waals surface area contributed by atoms with Crippen LogP contribution in [0.25, 0.3) is 10.2 Å². The molecule has 4 rings (SSSR count). The molecule has 1 fully saturated rings. The zero-order valence-electron chi connectivity index (χ0n) is 16.8. The number of carbonyl (C=O) groups excluding carboxylic acids is 2. The summed E-state index contributed by atoms with van der Waals surface area (Å²) in [7, 11) is 0. The van der Waals surface area contributed by atoms with E-state index in [1.165, 1.54) is 34.4 Å². The Hall–Kier alpha value is -2.91. The fourth-order valence-electron chi connectivity index (χ4n) is 3.70. The molecule has 3 aromatic rings. The zero-order chi connectivity index (χ0) is 22.1. The Kier molecular flexibility index (Phi) is 5.97. The van der Waals surface area contributed by atoms with Crippen LogP contribution in [0, 0.1) is 0 Å². The van der Waals surface area contributed by atoms with E-state index in [0.29, 0.717) is 41.8 Å². The third-order valence-corrected chi connectivity index (χ3v) is 6.66. The summed E-state index contributed by atoms with van der Waals surface area (Å²) in [5, 5.41) is 12.3. The molecule has 0 bridgehead atoms. The molecule has 1 aliphatic heterocycles. The molecule has 8 nitrogen and oxygen atoms in total. The van der Waals surface area contributed by atoms with Crippen molar-refractivity contribution in [2.75, 3.05) is 19.6 Å². The van der Waals surface area contributed by atoms with E-state index in [4.69, 9.17) is 11.6 Å². The lowest BCUT2D eigenvalue weighted by Crippen LogP contribution is -2.43. The van der Waals surface area contributed by atoms with Gasteiger partial charge in [0.15, 0.2) is 0 Å². The molecule has 0 radical (unpaired) electrons. The first kappa shape index (κ1) is 21.3. The number of amides is 2. The Balaban J connectivity index is 1.46. The van der Waals surface area contributed by atoms with E-state index >= 15 is 0 Å². The summed E-state index contributed by atoms with van der Waals surface area (Å²) in [6, 6.07) is 6.03. The number of rotatable bonds is 3. The Labute approximate surface area is 187 Å². The molecule has 2 aromatic heterocycles. The van der Waals surface area contributed by atoms with Crippen molar-refractivity contribution in [2.45, 2.75) is 25.9 Å². The quantitative estimate of drug-likeness (QED) is 0.648. The van der Waals surface area contributed by atoms with Crippen molar-refractivity contribution in [1.82, 2.24) is 19.4 Å². The van der Waals surface area contributed by atoms with Gasteiger partial charge in [-0.2, -0.15) is 0 Å². The van der Waals surface area contributed by atoms with Gasteiger partial charge >= 0.3 is 0 Å². The average molecular weight is 461 g/mol. The van der Waals surface area contributed by atoms with Crippen molar-refractivity contribution in [2.24, 2.45) is 0 Å². The number of hydrogen-bond donors (Lipinski definition) is 1. The first-order chi connectivity index (χ1) is 14.8. The highest BCUT2D eigenvalue weighted by molar-refractivity contribution is 7.16. The van der Waals surface area contributed by atoms with Gasteiger partial charge in [0.2, 0.25) is 5.91 Å². The number of aromatic nitrogens is 2. The first-order valence-electron chi connectivity index (χ1n) is 9.85. The third kappa shape index (κ3) is 4.28. The van der Waals surface area contributed by atoms with Gasteiger partial charge in [0, 0.05) is 31.2 Å². The second kappa shape index (κ2) is 8.68. The smallest absolute Gasteiger partial charge is 0.262 e. The molecule has 1 N–H and O–H groups in total. The van der Waals surface area contributed by atoms with Crippen LogP contribution in [0.3, 0.4) is 0 Å². The molecule has 1 aromatic carbocycles. The molecule has 1 saturated heterocycles. The van der Waals surface area contributed by atoms with E-state index in [-0.39, 0.29) is 40.7 Å². The summed E-state index contributed by atoms with van der Waals surface area (Å²) >= 11 is 7.21. The molecular formula is C21H21ClN4O4S. The van der Waals surface area contributed by atoms with Crippen LogP contribution in [0.2, 0.25) is 5.02 Å². The molecule has 10 heteroatoms. The predicted octanol–water partition coefficient (Wildman–Crippen LogP) is 2.58. The Morgan fingerprint density at radius 2 is 2.06 bits per heavy atom. The summed E-state index contributed by atoms with van der Waals surface area (Å²) < 4.78 is 1.33. The summed E-state index contributed by atoms with van der Waals surface area (Å²) in [6.07, 6.45) is 2.01. The van der Waals surface area contributed by atoms with Crippen molar-refractivity contribution in [3.63, 3.8) is 0 Å². The van der Waals surface area contributed by atoms with E-state index in [9.17, 15) is 19.5 Å². The van der Waals surface area contributed by atoms with Crippen molar-refractivity contribution in [3.05, 3.63) is 56.9 Å². The number of aromatic hydroxyl groups is 1. The molecule has 162 valence electrons. The Morgan fingerprint density at radius 3 is 2.84 bits per heavy atom. The number of benzene rings is 1. The number of halogens is 1. The van der Waals surface area contributed by atoms with E-state index in [1.807, 2.05) is 6.92 Å². The minimum absolute atomic E-state index is 0.0857. The van der Waals surface area contributed by atoms with Gasteiger partial charge in [-0.25, -0.2) is 4.98 Å². The SMILES string of the molecule is CC1CCN(C(=O)c2ccc(Cl)c(O)c2)CCN1C(=O)Cn1cnc2sccc2c1=O. The standard InChI is InChI=1S/C21H21ClN4O4S/c1-13-4-6-24(20(29)14-2-3-16(22)17(27)10-14)7-8-26(13)18(28)11-25-12-23-19-15(21(25)30)5-9-31-19/h2-3,5,9-10,12-13,27H,4,6-8,11H2,1H3. The average Bonchev–Trinajstić information content (AvgIpc) is 3.15. The van der Waals surface area contributed by atoms with Crippen LogP contribution >= 0.6 is 22.9 Å². The highest BCUT2D eigenvalue weighted by Gasteiger charge is 2.28. The molecule has 2 amide bonds. The lowest BCUT2D eigenvalue weighted by molar-refractivity contribution is -0.133. The number of fused-ring (bicyclic) bond motifs is 1. The Bertz CT molecular complexity index is 1210. The maximum Gasteiger partial charge on any atom is 0.262 e. The molecule has 0 saturated carbocycles. The topological polar surface area (TPSA) is 95.7 Å². The largest absolute Gasteiger partial charge is 0.506 e. The first-order valence-corrected chi connectivity index (χ1v) is 11.1. The van der Waals surface area contributed by atoms with Gasteiger partial charge in [-0.3, -0.25) is 19.0 Å². The molecule has 31 heavy (non-hydrogen) atoms. The van der Waals surface area contributed by atoms with Gasteiger partial charge in [0.25, 0.3) is 11.5 Å². The summed E-state index contributed by atoms with van der Waals surface area (Å²) in [5.41, 5.74) is 0.109. The number of carbonyl (C=O) groups is 2. The van der Waals surface area contributed by atoms with Crippen LogP contribution in [0.4, 0.5) is 0 Å². The second-order valence-electron chi connectivity index (χ2n) is 7.50. The summed E-state index contributed by atoms with van der Waals surface area (Å²) in [5.74, 6) is -0.560. The highest BCUT2D eigenvalue weighted by Crippen LogP contribution is 2.25. The van der Waals surface area contributed by atoms with E-state index in [1.54, 1.807) is 27.3 Å². The molecule has 1 unspecified atom stereocenters. The van der Waals surface area contributed by atoms with Crippen LogP contribution in [0.1, 0.15) is 23.7 Å². The third-order valence-electron chi connectivity index (χ3n) is 5.52. The van der Waals surface area contributed by atoms with Crippen molar-refractivity contribution >= 4 is 45.0 Å². The van der Waals surface area contributed by atoms with Crippen LogP contribution in [-0.2, 0) is 11.3 Å². The van der Waals surface area contributed by atoms with Crippen LogP contribution in [0.15, 0.2) is 40.8 Å². The summed E-state index contributed by atoms with van der Waals surface area (Å²) in [6.45, 7) is 3.03. The van der Waals surface area contributed by atoms with E-state index in [2.05, 4.69) is 4.98 Å². The molecular weight excluding hydrogens is 440 g/mol. The second-order valence-corrected chi connectivity index (χ2v) is 8.80. The highest BCUT2D eigenvalue weighted by atomic mass is 35.5. The maximum atomic E-state index is 13.0. The maximum absolute atomic E-state index is 13.0. The van der Waals surface area contributed by atoms with Crippen LogP contribution < -0.4 is 5.56 Å². The van der Waals surface area contributed by atoms with Gasteiger partial charge in [0.05, 0.1) is 16.7 Å². The monoisotopic (exact) mass is 460 g/mol. The van der Waals surface area contributed by atoms with Gasteiger partial charge in [-0.15, -0.1) is 11.3 Å².